The maximum atomic E-state index is 12.7. The summed E-state index contributed by atoms with van der Waals surface area (Å²) in [5.41, 5.74) is 1.40. The van der Waals surface area contributed by atoms with Crippen LogP contribution >= 0.6 is 12.2 Å². The number of phenols is 1. The Kier molecular flexibility index (Phi) is 5.85. The van der Waals surface area contributed by atoms with E-state index in [0.29, 0.717) is 55.7 Å². The summed E-state index contributed by atoms with van der Waals surface area (Å²) < 4.78 is 1.91. The zero-order valence-corrected chi connectivity index (χ0v) is 17.4. The van der Waals surface area contributed by atoms with E-state index in [9.17, 15) is 14.7 Å². The number of fused-ring (bicyclic) bond motifs is 1. The minimum absolute atomic E-state index is 0.0793. The summed E-state index contributed by atoms with van der Waals surface area (Å²) in [4.78, 5) is 32.3. The molecule has 2 heterocycles. The highest BCUT2D eigenvalue weighted by Gasteiger charge is 2.22. The van der Waals surface area contributed by atoms with Gasteiger partial charge in [-0.25, -0.2) is 0 Å². The molecule has 156 valence electrons. The van der Waals surface area contributed by atoms with Crippen molar-refractivity contribution in [1.82, 2.24) is 14.5 Å². The largest absolute Gasteiger partial charge is 0.506 e. The Bertz CT molecular complexity index is 1180. The standard InChI is InChI=1S/C22H24N4O3S/c27-19-9-4-3-8-18(19)24-12-14-25(15-13-24)20(28)10-5-11-26-21(29)16-6-1-2-7-17(16)23-22(26)30/h1-4,6-9,27H,5,10-15H2,(H,23,30). The number of piperazine rings is 1. The van der Waals surface area contributed by atoms with Gasteiger partial charge in [0.2, 0.25) is 5.91 Å². The smallest absolute Gasteiger partial charge is 0.262 e. The van der Waals surface area contributed by atoms with E-state index in [-0.39, 0.29) is 17.2 Å². The van der Waals surface area contributed by atoms with Crippen molar-refractivity contribution in [2.75, 3.05) is 31.1 Å². The summed E-state index contributed by atoms with van der Waals surface area (Å²) in [6, 6.07) is 14.5. The van der Waals surface area contributed by atoms with Crippen molar-refractivity contribution in [2.24, 2.45) is 0 Å². The molecule has 2 aromatic carbocycles. The van der Waals surface area contributed by atoms with E-state index < -0.39 is 0 Å². The molecule has 0 unspecified atom stereocenters. The molecule has 8 heteroatoms. The summed E-state index contributed by atoms with van der Waals surface area (Å²) in [5, 5.41) is 10.6. The van der Waals surface area contributed by atoms with E-state index in [0.717, 1.165) is 11.2 Å². The van der Waals surface area contributed by atoms with Crippen molar-refractivity contribution in [3.63, 3.8) is 0 Å². The number of nitrogens with zero attached hydrogens (tertiary/aromatic N) is 3. The van der Waals surface area contributed by atoms with E-state index >= 15 is 0 Å². The van der Waals surface area contributed by atoms with Crippen LogP contribution in [0, 0.1) is 4.77 Å². The molecule has 3 aromatic rings. The molecule has 0 aliphatic carbocycles. The van der Waals surface area contributed by atoms with E-state index in [1.165, 1.54) is 4.57 Å². The molecule has 2 N–H and O–H groups in total. The van der Waals surface area contributed by atoms with Gasteiger partial charge in [-0.3, -0.25) is 14.2 Å². The molecule has 1 amide bonds. The first-order valence-corrected chi connectivity index (χ1v) is 10.5. The lowest BCUT2D eigenvalue weighted by atomic mass is 10.2. The first kappa shape index (κ1) is 20.2. The van der Waals surface area contributed by atoms with Crippen LogP contribution in [-0.4, -0.2) is 51.6 Å². The molecule has 1 fully saturated rings. The van der Waals surface area contributed by atoms with Gasteiger partial charge in [-0.2, -0.15) is 0 Å². The Morgan fingerprint density at radius 3 is 2.50 bits per heavy atom. The average molecular weight is 425 g/mol. The minimum atomic E-state index is -0.127. The molecule has 0 atom stereocenters. The van der Waals surface area contributed by atoms with E-state index in [1.807, 2.05) is 35.2 Å². The van der Waals surface area contributed by atoms with Gasteiger partial charge in [0.1, 0.15) is 5.75 Å². The molecule has 4 rings (SSSR count). The third-order valence-electron chi connectivity index (χ3n) is 5.52. The fourth-order valence-electron chi connectivity index (χ4n) is 3.88. The molecule has 1 aliphatic heterocycles. The van der Waals surface area contributed by atoms with E-state index in [2.05, 4.69) is 9.88 Å². The van der Waals surface area contributed by atoms with Crippen LogP contribution in [0.4, 0.5) is 5.69 Å². The zero-order valence-electron chi connectivity index (χ0n) is 16.6. The van der Waals surface area contributed by atoms with Crippen LogP contribution in [0.1, 0.15) is 12.8 Å². The van der Waals surface area contributed by atoms with Gasteiger partial charge in [-0.15, -0.1) is 0 Å². The number of benzene rings is 2. The van der Waals surface area contributed by atoms with Crippen molar-refractivity contribution < 1.29 is 9.90 Å². The number of anilines is 1. The van der Waals surface area contributed by atoms with Crippen LogP contribution in [0.25, 0.3) is 10.9 Å². The minimum Gasteiger partial charge on any atom is -0.506 e. The Labute approximate surface area is 179 Å². The predicted octanol–water partition coefficient (Wildman–Crippen LogP) is 2.89. The summed E-state index contributed by atoms with van der Waals surface area (Å²) in [5.74, 6) is 0.338. The van der Waals surface area contributed by atoms with Gasteiger partial charge in [-0.1, -0.05) is 24.3 Å². The lowest BCUT2D eigenvalue weighted by Crippen LogP contribution is -2.48. The number of nitrogens with one attached hydrogen (secondary N) is 1. The number of para-hydroxylation sites is 3. The second-order valence-corrected chi connectivity index (χ2v) is 7.78. The monoisotopic (exact) mass is 424 g/mol. The first-order chi connectivity index (χ1) is 14.5. The molecule has 30 heavy (non-hydrogen) atoms. The van der Waals surface area contributed by atoms with Crippen molar-refractivity contribution in [1.29, 1.82) is 0 Å². The highest BCUT2D eigenvalue weighted by molar-refractivity contribution is 7.71. The summed E-state index contributed by atoms with van der Waals surface area (Å²) in [6.07, 6.45) is 0.916. The number of carbonyl (C=O) groups is 1. The molecule has 1 aromatic heterocycles. The van der Waals surface area contributed by atoms with Crippen LogP contribution in [-0.2, 0) is 11.3 Å². The normalized spacial score (nSPS) is 14.3. The third-order valence-corrected chi connectivity index (χ3v) is 5.84. The van der Waals surface area contributed by atoms with Crippen molar-refractivity contribution in [3.8, 4) is 5.75 Å². The first-order valence-electron chi connectivity index (χ1n) is 10.1. The molecule has 1 aliphatic rings. The van der Waals surface area contributed by atoms with Crippen molar-refractivity contribution >= 4 is 34.7 Å². The number of phenolic OH excluding ortho intramolecular Hbond substituents is 1. The van der Waals surface area contributed by atoms with Gasteiger partial charge in [0.15, 0.2) is 4.77 Å². The van der Waals surface area contributed by atoms with Crippen molar-refractivity contribution in [2.45, 2.75) is 19.4 Å². The molecule has 0 saturated carbocycles. The fourth-order valence-corrected chi connectivity index (χ4v) is 4.16. The summed E-state index contributed by atoms with van der Waals surface area (Å²) >= 11 is 5.33. The number of rotatable bonds is 5. The molecule has 7 nitrogen and oxygen atoms in total. The highest BCUT2D eigenvalue weighted by atomic mass is 32.1. The Balaban J connectivity index is 1.33. The van der Waals surface area contributed by atoms with Gasteiger partial charge in [-0.05, 0) is 42.9 Å². The lowest BCUT2D eigenvalue weighted by molar-refractivity contribution is -0.131. The number of aromatic hydroxyl groups is 1. The number of hydrogen-bond acceptors (Lipinski definition) is 5. The number of carbonyl (C=O) groups excluding carboxylic acids is 1. The van der Waals surface area contributed by atoms with Crippen LogP contribution in [0.2, 0.25) is 0 Å². The second-order valence-electron chi connectivity index (χ2n) is 7.39. The third kappa shape index (κ3) is 4.09. The van der Waals surface area contributed by atoms with E-state index in [1.54, 1.807) is 18.2 Å². The van der Waals surface area contributed by atoms with Crippen molar-refractivity contribution in [3.05, 3.63) is 63.7 Å². The maximum Gasteiger partial charge on any atom is 0.262 e. The maximum absolute atomic E-state index is 12.7. The molecular weight excluding hydrogens is 400 g/mol. The molecule has 1 saturated heterocycles. The average Bonchev–Trinajstić information content (AvgIpc) is 2.76. The highest BCUT2D eigenvalue weighted by Crippen LogP contribution is 2.27. The van der Waals surface area contributed by atoms with Gasteiger partial charge in [0, 0.05) is 39.1 Å². The van der Waals surface area contributed by atoms with Gasteiger partial charge in [0.05, 0.1) is 16.6 Å². The fraction of sp³-hybridized carbons (Fsp3) is 0.318. The number of hydrogen-bond donors (Lipinski definition) is 2. The Morgan fingerprint density at radius 1 is 1.03 bits per heavy atom. The second kappa shape index (κ2) is 8.71. The number of aromatic amines is 1. The van der Waals surface area contributed by atoms with Gasteiger partial charge < -0.3 is 19.9 Å². The molecular formula is C22H24N4O3S. The zero-order chi connectivity index (χ0) is 21.1. The summed E-state index contributed by atoms with van der Waals surface area (Å²) in [7, 11) is 0. The Hall–Kier alpha value is -3.13. The topological polar surface area (TPSA) is 81.6 Å². The number of H-pyrrole nitrogens is 1. The molecule has 0 spiro atoms. The quantitative estimate of drug-likeness (QED) is 0.616. The number of aromatic nitrogens is 2. The molecule has 0 radical (unpaired) electrons. The lowest BCUT2D eigenvalue weighted by Gasteiger charge is -2.36. The van der Waals surface area contributed by atoms with Gasteiger partial charge >= 0.3 is 0 Å². The van der Waals surface area contributed by atoms with Crippen LogP contribution in [0.5, 0.6) is 5.75 Å². The SMILES string of the molecule is O=C(CCCn1c(=S)[nH]c2ccccc2c1=O)N1CCN(c2ccccc2O)CC1. The van der Waals surface area contributed by atoms with Gasteiger partial charge in [0.25, 0.3) is 5.56 Å². The van der Waals surface area contributed by atoms with Crippen LogP contribution in [0.3, 0.4) is 0 Å². The Morgan fingerprint density at radius 2 is 1.73 bits per heavy atom. The summed E-state index contributed by atoms with van der Waals surface area (Å²) in [6.45, 7) is 2.99. The predicted molar refractivity (Wildman–Crippen MR) is 120 cm³/mol. The van der Waals surface area contributed by atoms with Crippen LogP contribution < -0.4 is 10.5 Å². The van der Waals surface area contributed by atoms with E-state index in [4.69, 9.17) is 12.2 Å². The van der Waals surface area contributed by atoms with Crippen LogP contribution in [0.15, 0.2) is 53.3 Å². The number of amides is 1. The molecule has 0 bridgehead atoms.